The maximum Gasteiger partial charge on any atom is 0.321 e. The minimum absolute atomic E-state index is 0.335. The molecule has 1 rings (SSSR count). The van der Waals surface area contributed by atoms with Crippen molar-refractivity contribution < 1.29 is 18.3 Å². The monoisotopic (exact) mass is 221 g/mol. The van der Waals surface area contributed by atoms with E-state index in [4.69, 9.17) is 5.11 Å². The van der Waals surface area contributed by atoms with Crippen molar-refractivity contribution in [1.82, 2.24) is 4.72 Å². The molecule has 1 saturated carbocycles. The van der Waals surface area contributed by atoms with Crippen molar-refractivity contribution >= 4 is 16.0 Å². The Hall–Kier alpha value is -0.620. The Morgan fingerprint density at radius 3 is 2.50 bits per heavy atom. The van der Waals surface area contributed by atoms with E-state index in [1.54, 1.807) is 0 Å². The van der Waals surface area contributed by atoms with E-state index >= 15 is 0 Å². The van der Waals surface area contributed by atoms with Gasteiger partial charge >= 0.3 is 5.97 Å². The fourth-order valence-electron chi connectivity index (χ4n) is 1.19. The second-order valence-electron chi connectivity index (χ2n) is 3.54. The Kier molecular flexibility index (Phi) is 3.49. The van der Waals surface area contributed by atoms with E-state index in [1.165, 1.54) is 0 Å². The van der Waals surface area contributed by atoms with Gasteiger partial charge in [0.05, 0.1) is 5.25 Å². The van der Waals surface area contributed by atoms with Crippen molar-refractivity contribution in [2.45, 2.75) is 43.9 Å². The second-order valence-corrected chi connectivity index (χ2v) is 5.53. The van der Waals surface area contributed by atoms with Gasteiger partial charge in [-0.05, 0) is 19.3 Å². The van der Waals surface area contributed by atoms with Gasteiger partial charge in [-0.3, -0.25) is 4.79 Å². The SMILES string of the molecule is CCCC(NS(=O)(=O)C1CC1)C(=O)O. The molecule has 0 amide bonds. The van der Waals surface area contributed by atoms with Crippen LogP contribution in [0.5, 0.6) is 0 Å². The van der Waals surface area contributed by atoms with Crippen LogP contribution in [0.2, 0.25) is 0 Å². The first kappa shape index (κ1) is 11.5. The summed E-state index contributed by atoms with van der Waals surface area (Å²) in [4.78, 5) is 10.7. The molecule has 0 aromatic rings. The van der Waals surface area contributed by atoms with E-state index in [0.717, 1.165) is 0 Å². The molecule has 0 aliphatic heterocycles. The Morgan fingerprint density at radius 1 is 1.57 bits per heavy atom. The minimum Gasteiger partial charge on any atom is -0.480 e. The van der Waals surface area contributed by atoms with Crippen LogP contribution in [0.3, 0.4) is 0 Å². The summed E-state index contributed by atoms with van der Waals surface area (Å²) < 4.78 is 25.0. The van der Waals surface area contributed by atoms with Gasteiger partial charge in [-0.2, -0.15) is 0 Å². The summed E-state index contributed by atoms with van der Waals surface area (Å²) in [5.41, 5.74) is 0. The summed E-state index contributed by atoms with van der Waals surface area (Å²) in [5.74, 6) is -1.10. The van der Waals surface area contributed by atoms with Crippen LogP contribution in [0.1, 0.15) is 32.6 Å². The highest BCUT2D eigenvalue weighted by Gasteiger charge is 2.38. The fraction of sp³-hybridized carbons (Fsp3) is 0.875. The van der Waals surface area contributed by atoms with Crippen molar-refractivity contribution in [3.05, 3.63) is 0 Å². The zero-order valence-electron chi connectivity index (χ0n) is 8.06. The molecule has 0 bridgehead atoms. The lowest BCUT2D eigenvalue weighted by molar-refractivity contribution is -0.139. The van der Waals surface area contributed by atoms with Crippen LogP contribution in [0.15, 0.2) is 0 Å². The van der Waals surface area contributed by atoms with Crippen molar-refractivity contribution in [3.8, 4) is 0 Å². The van der Waals surface area contributed by atoms with Gasteiger partial charge in [-0.1, -0.05) is 13.3 Å². The average molecular weight is 221 g/mol. The standard InChI is InChI=1S/C8H15NO4S/c1-2-3-7(8(10)11)9-14(12,13)6-4-5-6/h6-7,9H,2-5H2,1H3,(H,10,11). The topological polar surface area (TPSA) is 83.5 Å². The molecule has 1 aliphatic carbocycles. The number of hydrogen-bond donors (Lipinski definition) is 2. The molecule has 0 aromatic heterocycles. The zero-order chi connectivity index (χ0) is 10.8. The fourth-order valence-corrected chi connectivity index (χ4v) is 2.76. The molecule has 0 heterocycles. The number of rotatable bonds is 6. The van der Waals surface area contributed by atoms with E-state index < -0.39 is 22.0 Å². The van der Waals surface area contributed by atoms with E-state index in [1.807, 2.05) is 6.92 Å². The van der Waals surface area contributed by atoms with Crippen molar-refractivity contribution in [2.24, 2.45) is 0 Å². The normalized spacial score (nSPS) is 19.2. The van der Waals surface area contributed by atoms with Crippen LogP contribution in [-0.2, 0) is 14.8 Å². The molecule has 1 fully saturated rings. The Bertz CT molecular complexity index is 307. The van der Waals surface area contributed by atoms with Gasteiger partial charge in [0, 0.05) is 0 Å². The Balaban J connectivity index is 2.58. The maximum absolute atomic E-state index is 11.4. The molecule has 0 spiro atoms. The molecule has 0 aromatic carbocycles. The molecule has 1 unspecified atom stereocenters. The van der Waals surface area contributed by atoms with Gasteiger partial charge in [-0.25, -0.2) is 13.1 Å². The second kappa shape index (κ2) is 4.27. The van der Waals surface area contributed by atoms with Crippen LogP contribution in [0.25, 0.3) is 0 Å². The third-order valence-electron chi connectivity index (χ3n) is 2.15. The highest BCUT2D eigenvalue weighted by atomic mass is 32.2. The first-order valence-corrected chi connectivity index (χ1v) is 6.26. The molecule has 1 aliphatic rings. The molecule has 82 valence electrons. The number of hydrogen-bond acceptors (Lipinski definition) is 3. The average Bonchev–Trinajstić information content (AvgIpc) is 2.84. The quantitative estimate of drug-likeness (QED) is 0.676. The highest BCUT2D eigenvalue weighted by Crippen LogP contribution is 2.27. The first-order valence-electron chi connectivity index (χ1n) is 4.71. The lowest BCUT2D eigenvalue weighted by Gasteiger charge is -2.13. The smallest absolute Gasteiger partial charge is 0.321 e. The van der Waals surface area contributed by atoms with Gasteiger partial charge < -0.3 is 5.11 Å². The maximum atomic E-state index is 11.4. The predicted octanol–water partition coefficient (Wildman–Crippen LogP) is 0.321. The van der Waals surface area contributed by atoms with Gasteiger partial charge in [0.2, 0.25) is 10.0 Å². The summed E-state index contributed by atoms with van der Waals surface area (Å²) in [5, 5.41) is 8.38. The number of carboxylic acid groups (broad SMARTS) is 1. The molecular formula is C8H15NO4S. The first-order chi connectivity index (χ1) is 6.47. The lowest BCUT2D eigenvalue weighted by atomic mass is 10.2. The van der Waals surface area contributed by atoms with Gasteiger partial charge in [0.25, 0.3) is 0 Å². The van der Waals surface area contributed by atoms with Crippen molar-refractivity contribution in [1.29, 1.82) is 0 Å². The van der Waals surface area contributed by atoms with Crippen LogP contribution >= 0.6 is 0 Å². The molecule has 6 heteroatoms. The molecule has 0 radical (unpaired) electrons. The van der Waals surface area contributed by atoms with E-state index in [9.17, 15) is 13.2 Å². The van der Waals surface area contributed by atoms with Gasteiger partial charge in [-0.15, -0.1) is 0 Å². The number of carboxylic acids is 1. The molecule has 5 nitrogen and oxygen atoms in total. The molecular weight excluding hydrogens is 206 g/mol. The molecule has 0 saturated heterocycles. The Morgan fingerprint density at radius 2 is 2.14 bits per heavy atom. The highest BCUT2D eigenvalue weighted by molar-refractivity contribution is 7.90. The van der Waals surface area contributed by atoms with Crippen LogP contribution in [-0.4, -0.2) is 30.8 Å². The third kappa shape index (κ3) is 2.95. The summed E-state index contributed by atoms with van der Waals surface area (Å²) in [6.07, 6.45) is 2.27. The minimum atomic E-state index is -3.38. The largest absolute Gasteiger partial charge is 0.480 e. The predicted molar refractivity (Wildman–Crippen MR) is 51.4 cm³/mol. The van der Waals surface area contributed by atoms with Crippen LogP contribution in [0, 0.1) is 0 Å². The lowest BCUT2D eigenvalue weighted by Crippen LogP contribution is -2.42. The van der Waals surface area contributed by atoms with Crippen molar-refractivity contribution in [3.63, 3.8) is 0 Å². The summed E-state index contributed by atoms with van der Waals surface area (Å²) in [6.45, 7) is 1.82. The summed E-state index contributed by atoms with van der Waals surface area (Å²) >= 11 is 0. The van der Waals surface area contributed by atoms with E-state index in [0.29, 0.717) is 25.7 Å². The number of nitrogens with one attached hydrogen (secondary N) is 1. The summed E-state index contributed by atoms with van der Waals surface area (Å²) in [7, 11) is -3.38. The molecule has 14 heavy (non-hydrogen) atoms. The summed E-state index contributed by atoms with van der Waals surface area (Å²) in [6, 6.07) is -0.967. The van der Waals surface area contributed by atoms with Crippen LogP contribution in [0.4, 0.5) is 0 Å². The number of sulfonamides is 1. The molecule has 1 atom stereocenters. The molecule has 2 N–H and O–H groups in total. The number of carbonyl (C=O) groups is 1. The van der Waals surface area contributed by atoms with Crippen LogP contribution < -0.4 is 4.72 Å². The number of aliphatic carboxylic acids is 1. The van der Waals surface area contributed by atoms with E-state index in [-0.39, 0.29) is 5.25 Å². The van der Waals surface area contributed by atoms with Crippen molar-refractivity contribution in [2.75, 3.05) is 0 Å². The third-order valence-corrected chi connectivity index (χ3v) is 4.11. The van der Waals surface area contributed by atoms with Gasteiger partial charge in [0.1, 0.15) is 6.04 Å². The Labute approximate surface area is 83.6 Å². The van der Waals surface area contributed by atoms with Gasteiger partial charge in [0.15, 0.2) is 0 Å². The van der Waals surface area contributed by atoms with E-state index in [2.05, 4.69) is 4.72 Å². The zero-order valence-corrected chi connectivity index (χ0v) is 8.88.